The number of imidazole rings is 1. The summed E-state index contributed by atoms with van der Waals surface area (Å²) < 4.78 is 5.30. The van der Waals surface area contributed by atoms with E-state index in [1.54, 1.807) is 30.5 Å². The molecule has 4 rings (SSSR count). The fourth-order valence-corrected chi connectivity index (χ4v) is 3.14. The van der Waals surface area contributed by atoms with Crippen molar-refractivity contribution in [2.75, 3.05) is 24.2 Å². The van der Waals surface area contributed by atoms with Crippen LogP contribution in [0.5, 0.6) is 0 Å². The molecule has 0 saturated carbocycles. The number of benzene rings is 2. The highest BCUT2D eigenvalue weighted by Crippen LogP contribution is 2.24. The van der Waals surface area contributed by atoms with Gasteiger partial charge >= 0.3 is 11.7 Å². The number of nitrogen functional groups attached to an aromatic ring is 1. The molecule has 0 radical (unpaired) electrons. The zero-order valence-electron chi connectivity index (χ0n) is 16.6. The van der Waals surface area contributed by atoms with Crippen molar-refractivity contribution in [2.24, 2.45) is 0 Å². The summed E-state index contributed by atoms with van der Waals surface area (Å²) in [6, 6.07) is 12.7. The Morgan fingerprint density at radius 3 is 2.78 bits per heavy atom. The molecular weight excluding hydrogens is 416 g/mol. The quantitative estimate of drug-likeness (QED) is 0.113. The summed E-state index contributed by atoms with van der Waals surface area (Å²) in [5.74, 6) is -0.505. The molecule has 11 heteroatoms. The average molecular weight is 434 g/mol. The third-order valence-electron chi connectivity index (χ3n) is 4.70. The SMILES string of the molecule is Nc1cc([N+](=O)[O-])ccc1NCCOC(=O)c1cccc(-c2cnc3[nH]c(=O)[nH]c3c2)c1. The Hall–Kier alpha value is -4.67. The van der Waals surface area contributed by atoms with Gasteiger partial charge in [0.2, 0.25) is 0 Å². The smallest absolute Gasteiger partial charge is 0.338 e. The number of nitrogens with one attached hydrogen (secondary N) is 3. The maximum Gasteiger partial charge on any atom is 0.338 e. The lowest BCUT2D eigenvalue weighted by atomic mass is 10.0. The number of hydrogen-bond donors (Lipinski definition) is 4. The average Bonchev–Trinajstić information content (AvgIpc) is 3.16. The van der Waals surface area contributed by atoms with Gasteiger partial charge in [-0.1, -0.05) is 12.1 Å². The first kappa shape index (κ1) is 20.6. The lowest BCUT2D eigenvalue weighted by Gasteiger charge is -2.10. The summed E-state index contributed by atoms with van der Waals surface area (Å²) in [5.41, 5.74) is 8.96. The molecule has 2 heterocycles. The molecular formula is C21H18N6O5. The minimum absolute atomic E-state index is 0.0671. The zero-order chi connectivity index (χ0) is 22.7. The van der Waals surface area contributed by atoms with Crippen LogP contribution in [0.1, 0.15) is 10.4 Å². The minimum atomic E-state index is -0.526. The predicted molar refractivity (Wildman–Crippen MR) is 118 cm³/mol. The molecule has 2 aromatic heterocycles. The van der Waals surface area contributed by atoms with Crippen molar-refractivity contribution in [1.29, 1.82) is 0 Å². The van der Waals surface area contributed by atoms with Gasteiger partial charge in [-0.15, -0.1) is 0 Å². The second-order valence-electron chi connectivity index (χ2n) is 6.87. The van der Waals surface area contributed by atoms with Crippen molar-refractivity contribution in [2.45, 2.75) is 0 Å². The Balaban J connectivity index is 1.37. The number of carbonyl (C=O) groups excluding carboxylic acids is 1. The molecule has 0 aliphatic heterocycles. The van der Waals surface area contributed by atoms with Crippen LogP contribution in [0.25, 0.3) is 22.3 Å². The number of ether oxygens (including phenoxy) is 1. The van der Waals surface area contributed by atoms with Gasteiger partial charge in [-0.25, -0.2) is 14.6 Å². The molecule has 0 aliphatic carbocycles. The molecule has 0 amide bonds. The fraction of sp³-hybridized carbons (Fsp3) is 0.0952. The van der Waals surface area contributed by atoms with E-state index < -0.39 is 10.9 Å². The predicted octanol–water partition coefficient (Wildman–Crippen LogP) is 2.68. The number of hydrogen-bond acceptors (Lipinski definition) is 8. The number of aromatic amines is 2. The van der Waals surface area contributed by atoms with E-state index in [1.807, 2.05) is 6.07 Å². The zero-order valence-corrected chi connectivity index (χ0v) is 16.6. The van der Waals surface area contributed by atoms with Crippen LogP contribution in [0.4, 0.5) is 17.1 Å². The van der Waals surface area contributed by atoms with Crippen molar-refractivity contribution in [3.8, 4) is 11.1 Å². The van der Waals surface area contributed by atoms with Crippen molar-refractivity contribution in [3.05, 3.63) is 80.9 Å². The van der Waals surface area contributed by atoms with Crippen LogP contribution >= 0.6 is 0 Å². The number of rotatable bonds is 7. The Morgan fingerprint density at radius 2 is 2.00 bits per heavy atom. The van der Waals surface area contributed by atoms with Crippen molar-refractivity contribution >= 4 is 34.2 Å². The summed E-state index contributed by atoms with van der Waals surface area (Å²) in [4.78, 5) is 43.5. The first-order chi connectivity index (χ1) is 15.4. The highest BCUT2D eigenvalue weighted by molar-refractivity contribution is 5.91. The summed E-state index contributed by atoms with van der Waals surface area (Å²) in [6.45, 7) is 0.340. The lowest BCUT2D eigenvalue weighted by Crippen LogP contribution is -2.14. The molecule has 2 aromatic carbocycles. The highest BCUT2D eigenvalue weighted by Gasteiger charge is 2.11. The topological polar surface area (TPSA) is 169 Å². The van der Waals surface area contributed by atoms with Crippen LogP contribution in [0.3, 0.4) is 0 Å². The van der Waals surface area contributed by atoms with Crippen LogP contribution in [0.15, 0.2) is 59.5 Å². The molecule has 32 heavy (non-hydrogen) atoms. The van der Waals surface area contributed by atoms with E-state index in [2.05, 4.69) is 20.3 Å². The Kier molecular flexibility index (Phi) is 5.53. The minimum Gasteiger partial charge on any atom is -0.460 e. The van der Waals surface area contributed by atoms with Gasteiger partial charge in [0, 0.05) is 30.4 Å². The second-order valence-corrected chi connectivity index (χ2v) is 6.87. The van der Waals surface area contributed by atoms with Crippen LogP contribution in [-0.2, 0) is 4.74 Å². The van der Waals surface area contributed by atoms with Crippen molar-refractivity contribution in [3.63, 3.8) is 0 Å². The van der Waals surface area contributed by atoms with Crippen LogP contribution < -0.4 is 16.7 Å². The summed E-state index contributed by atoms with van der Waals surface area (Å²) in [7, 11) is 0. The Morgan fingerprint density at radius 1 is 1.16 bits per heavy atom. The van der Waals surface area contributed by atoms with Gasteiger partial charge in [0.15, 0.2) is 5.65 Å². The van der Waals surface area contributed by atoms with Crippen LogP contribution in [0.2, 0.25) is 0 Å². The first-order valence-corrected chi connectivity index (χ1v) is 9.54. The van der Waals surface area contributed by atoms with Gasteiger partial charge < -0.3 is 20.8 Å². The molecule has 0 bridgehead atoms. The van der Waals surface area contributed by atoms with E-state index in [-0.39, 0.29) is 30.2 Å². The van der Waals surface area contributed by atoms with Gasteiger partial charge in [0.25, 0.3) is 5.69 Å². The number of non-ortho nitro benzene ring substituents is 1. The molecule has 0 spiro atoms. The number of pyridine rings is 1. The van der Waals surface area contributed by atoms with Gasteiger partial charge in [0.05, 0.1) is 27.4 Å². The number of anilines is 2. The molecule has 11 nitrogen and oxygen atoms in total. The number of aromatic nitrogens is 3. The van der Waals surface area contributed by atoms with E-state index in [0.717, 1.165) is 11.1 Å². The number of fused-ring (bicyclic) bond motifs is 1. The molecule has 0 fully saturated rings. The fourth-order valence-electron chi connectivity index (χ4n) is 3.14. The normalized spacial score (nSPS) is 10.8. The summed E-state index contributed by atoms with van der Waals surface area (Å²) in [6.07, 6.45) is 1.61. The maximum atomic E-state index is 12.4. The van der Waals surface area contributed by atoms with Gasteiger partial charge in [0.1, 0.15) is 6.61 Å². The number of nitro benzene ring substituents is 1. The molecule has 0 aliphatic rings. The molecule has 4 aromatic rings. The standard InChI is InChI=1S/C21H18N6O5/c22-16-10-15(27(30)31)4-5-17(16)23-6-7-32-20(28)13-3-1-2-12(8-13)14-9-18-19(24-11-14)26-21(29)25-18/h1-5,8-11,23H,6-7,22H2,(H2,24,25,26,29). The second kappa shape index (κ2) is 8.60. The van der Waals surface area contributed by atoms with E-state index in [1.165, 1.54) is 18.2 Å². The number of esters is 1. The van der Waals surface area contributed by atoms with Crippen molar-refractivity contribution < 1.29 is 14.5 Å². The van der Waals surface area contributed by atoms with E-state index in [0.29, 0.717) is 22.4 Å². The molecule has 0 atom stereocenters. The number of nitrogens with zero attached hydrogens (tertiary/aromatic N) is 2. The number of nitrogens with two attached hydrogens (primary N) is 1. The molecule has 0 saturated heterocycles. The highest BCUT2D eigenvalue weighted by atomic mass is 16.6. The Bertz CT molecular complexity index is 1380. The number of carbonyl (C=O) groups is 1. The van der Waals surface area contributed by atoms with Gasteiger partial charge in [-0.3, -0.25) is 15.1 Å². The first-order valence-electron chi connectivity index (χ1n) is 9.54. The molecule has 5 N–H and O–H groups in total. The largest absolute Gasteiger partial charge is 0.460 e. The summed E-state index contributed by atoms with van der Waals surface area (Å²) in [5, 5.41) is 13.7. The third kappa shape index (κ3) is 4.41. The van der Waals surface area contributed by atoms with E-state index in [9.17, 15) is 19.7 Å². The number of H-pyrrole nitrogens is 2. The van der Waals surface area contributed by atoms with Gasteiger partial charge in [-0.2, -0.15) is 0 Å². The van der Waals surface area contributed by atoms with Crippen LogP contribution in [0, 0.1) is 10.1 Å². The maximum absolute atomic E-state index is 12.4. The van der Waals surface area contributed by atoms with Crippen LogP contribution in [-0.4, -0.2) is 39.0 Å². The summed E-state index contributed by atoms with van der Waals surface area (Å²) >= 11 is 0. The van der Waals surface area contributed by atoms with Crippen molar-refractivity contribution in [1.82, 2.24) is 15.0 Å². The Labute approximate surface area is 180 Å². The molecule has 162 valence electrons. The number of nitro groups is 1. The van der Waals surface area contributed by atoms with Gasteiger partial charge in [-0.05, 0) is 29.8 Å². The molecule has 0 unspecified atom stereocenters. The lowest BCUT2D eigenvalue weighted by molar-refractivity contribution is -0.384. The van der Waals surface area contributed by atoms with E-state index in [4.69, 9.17) is 10.5 Å². The van der Waals surface area contributed by atoms with E-state index >= 15 is 0 Å². The third-order valence-corrected chi connectivity index (χ3v) is 4.70. The monoisotopic (exact) mass is 434 g/mol.